The second-order valence-electron chi connectivity index (χ2n) is 2.08. The molecule has 0 radical (unpaired) electrons. The number of hydrogen-bond donors (Lipinski definition) is 2. The van der Waals surface area contributed by atoms with E-state index in [1.165, 1.54) is 11.8 Å². The first-order valence-corrected chi connectivity index (χ1v) is 2.94. The summed E-state index contributed by atoms with van der Waals surface area (Å²) in [5.41, 5.74) is 0. The van der Waals surface area contributed by atoms with Gasteiger partial charge in [0.25, 0.3) is 0 Å². The largest absolute Gasteiger partial charge is 0.479 e. The first-order chi connectivity index (χ1) is 4.91. The number of aliphatic hydroxyl groups excluding tert-OH is 1. The molecule has 0 aromatic rings. The average Bonchev–Trinajstić information content (AvgIpc) is 1.89. The highest BCUT2D eigenvalue weighted by molar-refractivity contribution is 5.71. The molecule has 0 fully saturated rings. The lowest BCUT2D eigenvalue weighted by molar-refractivity contribution is -0.145. The first-order valence-electron chi connectivity index (χ1n) is 2.94. The number of hydrogen-bond acceptors (Lipinski definition) is 3. The van der Waals surface area contributed by atoms with E-state index in [0.717, 1.165) is 6.41 Å². The van der Waals surface area contributed by atoms with E-state index in [-0.39, 0.29) is 0 Å². The molecule has 0 aromatic carbocycles. The van der Waals surface area contributed by atoms with E-state index in [1.807, 2.05) is 0 Å². The first kappa shape index (κ1) is 12.6. The highest BCUT2D eigenvalue weighted by Gasteiger charge is 2.01. The molecule has 66 valence electrons. The van der Waals surface area contributed by atoms with Crippen LogP contribution in [0.5, 0.6) is 0 Å². The molecule has 0 heterocycles. The molecule has 1 amide bonds. The molecule has 0 spiro atoms. The highest BCUT2D eigenvalue weighted by Crippen LogP contribution is 1.73. The van der Waals surface area contributed by atoms with E-state index in [9.17, 15) is 9.59 Å². The lowest BCUT2D eigenvalue weighted by Gasteiger charge is -1.93. The van der Waals surface area contributed by atoms with Crippen LogP contribution < -0.4 is 0 Å². The summed E-state index contributed by atoms with van der Waals surface area (Å²) >= 11 is 0. The lowest BCUT2D eigenvalue weighted by atomic mass is 10.4. The minimum absolute atomic E-state index is 0.750. The number of aliphatic hydroxyl groups is 1. The maximum atomic E-state index is 9.45. The second-order valence-corrected chi connectivity index (χ2v) is 2.08. The van der Waals surface area contributed by atoms with E-state index in [4.69, 9.17) is 10.2 Å². The summed E-state index contributed by atoms with van der Waals surface area (Å²) in [5, 5.41) is 15.8. The predicted octanol–water partition coefficient (Wildman–Crippen LogP) is -0.844. The minimum Gasteiger partial charge on any atom is -0.479 e. The maximum Gasteiger partial charge on any atom is 0.332 e. The van der Waals surface area contributed by atoms with Crippen molar-refractivity contribution in [2.75, 3.05) is 14.1 Å². The lowest BCUT2D eigenvalue weighted by Crippen LogP contribution is -2.13. The molecule has 0 saturated heterocycles. The van der Waals surface area contributed by atoms with Crippen molar-refractivity contribution >= 4 is 12.4 Å². The van der Waals surface area contributed by atoms with Crippen LogP contribution in [0.25, 0.3) is 0 Å². The summed E-state index contributed by atoms with van der Waals surface area (Å²) in [4.78, 5) is 20.3. The standard InChI is InChI=1S/C3H7NO.C3H6O3/c1-4(2)3-5;1-2(4)3(5)6/h3H,1-2H3;2,4H,1H3,(H,5,6). The van der Waals surface area contributed by atoms with E-state index in [2.05, 4.69) is 0 Å². The van der Waals surface area contributed by atoms with Crippen molar-refractivity contribution in [3.05, 3.63) is 0 Å². The third-order valence-corrected chi connectivity index (χ3v) is 0.568. The molecular formula is C6H13NO4. The zero-order valence-electron chi connectivity index (χ0n) is 6.81. The molecule has 0 saturated carbocycles. The normalized spacial score (nSPS) is 10.5. The Morgan fingerprint density at radius 3 is 1.73 bits per heavy atom. The molecule has 1 atom stereocenters. The fourth-order valence-electron chi connectivity index (χ4n) is 0. The Morgan fingerprint density at radius 2 is 1.73 bits per heavy atom. The van der Waals surface area contributed by atoms with Gasteiger partial charge in [-0.05, 0) is 6.92 Å². The van der Waals surface area contributed by atoms with Gasteiger partial charge in [-0.25, -0.2) is 4.79 Å². The van der Waals surface area contributed by atoms with Crippen molar-refractivity contribution in [3.8, 4) is 0 Å². The molecule has 5 heteroatoms. The molecule has 0 aliphatic heterocycles. The van der Waals surface area contributed by atoms with Gasteiger partial charge in [0, 0.05) is 14.1 Å². The van der Waals surface area contributed by atoms with Crippen molar-refractivity contribution in [1.82, 2.24) is 4.90 Å². The molecule has 11 heavy (non-hydrogen) atoms. The van der Waals surface area contributed by atoms with Gasteiger partial charge in [0.2, 0.25) is 6.41 Å². The Kier molecular flexibility index (Phi) is 8.01. The molecule has 0 aliphatic carbocycles. The van der Waals surface area contributed by atoms with Crippen LogP contribution in [0.15, 0.2) is 0 Å². The van der Waals surface area contributed by atoms with Crippen LogP contribution in [-0.4, -0.2) is 47.7 Å². The van der Waals surface area contributed by atoms with Gasteiger partial charge in [0.15, 0.2) is 0 Å². The van der Waals surface area contributed by atoms with Crippen LogP contribution in [0.3, 0.4) is 0 Å². The Hall–Kier alpha value is -1.10. The van der Waals surface area contributed by atoms with Crippen LogP contribution in [0.2, 0.25) is 0 Å². The van der Waals surface area contributed by atoms with E-state index in [1.54, 1.807) is 14.1 Å². The Bertz CT molecular complexity index is 122. The topological polar surface area (TPSA) is 77.8 Å². The number of carboxylic acids is 1. The van der Waals surface area contributed by atoms with Gasteiger partial charge in [-0.3, -0.25) is 4.79 Å². The predicted molar refractivity (Wildman–Crippen MR) is 39.1 cm³/mol. The number of nitrogens with zero attached hydrogens (tertiary/aromatic N) is 1. The van der Waals surface area contributed by atoms with Gasteiger partial charge in [0.1, 0.15) is 6.10 Å². The number of amides is 1. The van der Waals surface area contributed by atoms with Crippen molar-refractivity contribution in [1.29, 1.82) is 0 Å². The molecule has 2 N–H and O–H groups in total. The van der Waals surface area contributed by atoms with Crippen LogP contribution in [0.4, 0.5) is 0 Å². The van der Waals surface area contributed by atoms with Gasteiger partial charge >= 0.3 is 5.97 Å². The van der Waals surface area contributed by atoms with Gasteiger partial charge in [-0.1, -0.05) is 0 Å². The highest BCUT2D eigenvalue weighted by atomic mass is 16.4. The Labute approximate surface area is 65.2 Å². The third kappa shape index (κ3) is 17.6. The fraction of sp³-hybridized carbons (Fsp3) is 0.667. The van der Waals surface area contributed by atoms with Gasteiger partial charge < -0.3 is 15.1 Å². The van der Waals surface area contributed by atoms with Gasteiger partial charge in [-0.15, -0.1) is 0 Å². The van der Waals surface area contributed by atoms with Crippen LogP contribution in [-0.2, 0) is 9.59 Å². The summed E-state index contributed by atoms with van der Waals surface area (Å²) in [6, 6.07) is 0. The van der Waals surface area contributed by atoms with E-state index in [0.29, 0.717) is 0 Å². The molecule has 0 bridgehead atoms. The summed E-state index contributed by atoms with van der Waals surface area (Å²) in [6.07, 6.45) is -0.481. The summed E-state index contributed by atoms with van der Waals surface area (Å²) < 4.78 is 0. The average molecular weight is 163 g/mol. The van der Waals surface area contributed by atoms with E-state index >= 15 is 0 Å². The Morgan fingerprint density at radius 1 is 1.55 bits per heavy atom. The van der Waals surface area contributed by atoms with Crippen molar-refractivity contribution in [2.45, 2.75) is 13.0 Å². The SMILES string of the molecule is CC(O)C(=O)O.CN(C)C=O. The fourth-order valence-corrected chi connectivity index (χ4v) is 0. The number of carbonyl (C=O) groups is 2. The zero-order valence-corrected chi connectivity index (χ0v) is 6.81. The van der Waals surface area contributed by atoms with Gasteiger partial charge in [-0.2, -0.15) is 0 Å². The van der Waals surface area contributed by atoms with E-state index < -0.39 is 12.1 Å². The summed E-state index contributed by atoms with van der Waals surface area (Å²) in [6.45, 7) is 1.20. The van der Waals surface area contributed by atoms with Crippen LogP contribution >= 0.6 is 0 Å². The van der Waals surface area contributed by atoms with Crippen LogP contribution in [0, 0.1) is 0 Å². The molecule has 0 aromatic heterocycles. The molecule has 1 unspecified atom stereocenters. The molecule has 5 nitrogen and oxygen atoms in total. The monoisotopic (exact) mass is 163 g/mol. The second kappa shape index (κ2) is 7.01. The number of carbonyl (C=O) groups excluding carboxylic acids is 1. The minimum atomic E-state index is -1.23. The smallest absolute Gasteiger partial charge is 0.332 e. The van der Waals surface area contributed by atoms with Crippen molar-refractivity contribution in [3.63, 3.8) is 0 Å². The zero-order chi connectivity index (χ0) is 9.44. The quantitative estimate of drug-likeness (QED) is 0.520. The number of carboxylic acid groups (broad SMARTS) is 1. The maximum absolute atomic E-state index is 9.45. The number of rotatable bonds is 2. The molecular weight excluding hydrogens is 150 g/mol. The summed E-state index contributed by atoms with van der Waals surface area (Å²) in [5.74, 6) is -1.19. The van der Waals surface area contributed by atoms with Crippen LogP contribution in [0.1, 0.15) is 6.92 Å². The van der Waals surface area contributed by atoms with Gasteiger partial charge in [0.05, 0.1) is 0 Å². The molecule has 0 rings (SSSR count). The third-order valence-electron chi connectivity index (χ3n) is 0.568. The number of aliphatic carboxylic acids is 1. The molecule has 0 aliphatic rings. The van der Waals surface area contributed by atoms with Crippen molar-refractivity contribution in [2.24, 2.45) is 0 Å². The summed E-state index contributed by atoms with van der Waals surface area (Å²) in [7, 11) is 3.38. The van der Waals surface area contributed by atoms with Crippen molar-refractivity contribution < 1.29 is 19.8 Å². The Balaban J connectivity index is 0.